The predicted octanol–water partition coefficient (Wildman–Crippen LogP) is 2.95. The van der Waals surface area contributed by atoms with E-state index in [1.54, 1.807) is 13.4 Å². The minimum atomic E-state index is -0.102. The van der Waals surface area contributed by atoms with Crippen molar-refractivity contribution in [2.24, 2.45) is 12.8 Å². The zero-order valence-corrected chi connectivity index (χ0v) is 18.0. The highest BCUT2D eigenvalue weighted by atomic mass is 16.4. The summed E-state index contributed by atoms with van der Waals surface area (Å²) >= 11 is 0. The Labute approximate surface area is 180 Å². The number of nitrogens with zero attached hydrogens (tertiary/aromatic N) is 4. The number of oxazole rings is 1. The van der Waals surface area contributed by atoms with Crippen molar-refractivity contribution in [2.75, 3.05) is 12.4 Å². The van der Waals surface area contributed by atoms with Gasteiger partial charge in [-0.25, -0.2) is 9.97 Å². The molecule has 0 bridgehead atoms. The normalized spacial score (nSPS) is 12.4. The molecule has 1 atom stereocenters. The summed E-state index contributed by atoms with van der Waals surface area (Å²) < 4.78 is 7.89. The lowest BCUT2D eigenvalue weighted by Gasteiger charge is -2.10. The summed E-state index contributed by atoms with van der Waals surface area (Å²) in [4.78, 5) is 25.8. The van der Waals surface area contributed by atoms with Crippen LogP contribution in [0.15, 0.2) is 35.0 Å². The van der Waals surface area contributed by atoms with Crippen molar-refractivity contribution in [1.29, 1.82) is 0 Å². The van der Waals surface area contributed by atoms with E-state index in [4.69, 9.17) is 15.1 Å². The summed E-state index contributed by atoms with van der Waals surface area (Å²) in [7, 11) is 3.71. The number of pyridine rings is 1. The van der Waals surface area contributed by atoms with Crippen molar-refractivity contribution >= 4 is 34.0 Å². The number of anilines is 1. The summed E-state index contributed by atoms with van der Waals surface area (Å²) in [6.45, 7) is 2.48. The molecule has 0 aliphatic rings. The van der Waals surface area contributed by atoms with Crippen LogP contribution in [0.2, 0.25) is 0 Å². The zero-order chi connectivity index (χ0) is 22.0. The van der Waals surface area contributed by atoms with Gasteiger partial charge in [0.15, 0.2) is 11.3 Å². The van der Waals surface area contributed by atoms with Crippen LogP contribution in [0.3, 0.4) is 0 Å². The fraction of sp³-hybridized carbons (Fsp3) is 0.364. The van der Waals surface area contributed by atoms with Gasteiger partial charge in [0.2, 0.25) is 11.8 Å². The number of hydrogen-bond donors (Lipinski definition) is 3. The quantitative estimate of drug-likeness (QED) is 0.399. The summed E-state index contributed by atoms with van der Waals surface area (Å²) in [5.74, 6) is 1.07. The van der Waals surface area contributed by atoms with Crippen LogP contribution < -0.4 is 16.4 Å². The lowest BCUT2D eigenvalue weighted by atomic mass is 10.1. The monoisotopic (exact) mass is 421 g/mol. The van der Waals surface area contributed by atoms with Gasteiger partial charge < -0.3 is 25.4 Å². The topological polar surface area (TPSA) is 124 Å². The van der Waals surface area contributed by atoms with E-state index in [1.807, 2.05) is 35.9 Å². The molecule has 3 heterocycles. The molecular formula is C22H27N7O2. The number of nitrogens with one attached hydrogen (secondary N) is 2. The number of nitrogens with two attached hydrogens (primary N) is 1. The molecule has 0 saturated heterocycles. The second-order valence-electron chi connectivity index (χ2n) is 7.67. The first-order valence-electron chi connectivity index (χ1n) is 10.4. The van der Waals surface area contributed by atoms with E-state index in [2.05, 4.69) is 27.5 Å². The average Bonchev–Trinajstić information content (AvgIpc) is 3.35. The SMILES string of the molecule is CCCC(N)CC(=O)NCc1cccc(-c2nc3c(nc(NC)c4ncn(C)c43)o2)c1. The zero-order valence-electron chi connectivity index (χ0n) is 18.0. The molecule has 3 aromatic heterocycles. The molecule has 0 spiro atoms. The molecular weight excluding hydrogens is 394 g/mol. The first-order valence-corrected chi connectivity index (χ1v) is 10.4. The van der Waals surface area contributed by atoms with Gasteiger partial charge in [-0.05, 0) is 24.1 Å². The molecule has 1 aromatic carbocycles. The molecule has 0 aliphatic carbocycles. The number of benzene rings is 1. The van der Waals surface area contributed by atoms with Crippen LogP contribution in [0.4, 0.5) is 5.82 Å². The Hall–Kier alpha value is -3.46. The fourth-order valence-corrected chi connectivity index (χ4v) is 3.68. The molecule has 162 valence electrons. The van der Waals surface area contributed by atoms with Crippen molar-refractivity contribution < 1.29 is 9.21 Å². The second kappa shape index (κ2) is 8.73. The maximum atomic E-state index is 12.1. The van der Waals surface area contributed by atoms with Crippen molar-refractivity contribution in [1.82, 2.24) is 24.8 Å². The van der Waals surface area contributed by atoms with E-state index in [0.717, 1.165) is 35.0 Å². The summed E-state index contributed by atoms with van der Waals surface area (Å²) in [6.07, 6.45) is 3.88. The van der Waals surface area contributed by atoms with Gasteiger partial charge in [-0.2, -0.15) is 4.98 Å². The smallest absolute Gasteiger partial charge is 0.251 e. The molecule has 9 heteroatoms. The molecule has 0 fully saturated rings. The number of rotatable bonds is 8. The molecule has 1 amide bonds. The summed E-state index contributed by atoms with van der Waals surface area (Å²) in [5, 5.41) is 5.99. The van der Waals surface area contributed by atoms with Crippen LogP contribution in [0.1, 0.15) is 31.7 Å². The van der Waals surface area contributed by atoms with Gasteiger partial charge in [-0.15, -0.1) is 0 Å². The number of aromatic nitrogens is 4. The third-order valence-electron chi connectivity index (χ3n) is 5.22. The van der Waals surface area contributed by atoms with E-state index in [-0.39, 0.29) is 11.9 Å². The highest BCUT2D eigenvalue weighted by Gasteiger charge is 2.18. The fourth-order valence-electron chi connectivity index (χ4n) is 3.68. The largest absolute Gasteiger partial charge is 0.418 e. The minimum Gasteiger partial charge on any atom is -0.418 e. The number of amides is 1. The number of carbonyl (C=O) groups excluding carboxylic acids is 1. The number of imidazole rings is 1. The van der Waals surface area contributed by atoms with Gasteiger partial charge in [0.25, 0.3) is 5.71 Å². The average molecular weight is 422 g/mol. The molecule has 31 heavy (non-hydrogen) atoms. The maximum absolute atomic E-state index is 12.1. The Balaban J connectivity index is 1.58. The molecule has 0 saturated carbocycles. The molecule has 4 N–H and O–H groups in total. The van der Waals surface area contributed by atoms with Gasteiger partial charge in [0.1, 0.15) is 11.0 Å². The van der Waals surface area contributed by atoms with Crippen molar-refractivity contribution in [3.05, 3.63) is 36.2 Å². The lowest BCUT2D eigenvalue weighted by Crippen LogP contribution is -2.31. The van der Waals surface area contributed by atoms with Gasteiger partial charge >= 0.3 is 0 Å². The van der Waals surface area contributed by atoms with E-state index in [0.29, 0.717) is 35.9 Å². The second-order valence-corrected chi connectivity index (χ2v) is 7.67. The highest BCUT2D eigenvalue weighted by Crippen LogP contribution is 2.31. The van der Waals surface area contributed by atoms with Crippen molar-refractivity contribution in [3.8, 4) is 11.5 Å². The number of hydrogen-bond acceptors (Lipinski definition) is 7. The third-order valence-corrected chi connectivity index (χ3v) is 5.22. The standard InChI is InChI=1S/C22H27N7O2/c1-4-6-15(23)10-16(30)25-11-13-7-5-8-14(9-13)21-27-18-19-17(26-12-29(19)3)20(24-2)28-22(18)31-21/h5,7-9,12,15H,4,6,10-11,23H2,1-3H3,(H,24,28)(H,25,30). The van der Waals surface area contributed by atoms with Crippen LogP contribution >= 0.6 is 0 Å². The van der Waals surface area contributed by atoms with Crippen LogP contribution in [0.25, 0.3) is 33.7 Å². The Kier molecular flexibility index (Phi) is 5.85. The summed E-state index contributed by atoms with van der Waals surface area (Å²) in [5.41, 5.74) is 10.4. The van der Waals surface area contributed by atoms with Gasteiger partial charge in [0, 0.05) is 38.7 Å². The van der Waals surface area contributed by atoms with Gasteiger partial charge in [-0.3, -0.25) is 4.79 Å². The highest BCUT2D eigenvalue weighted by molar-refractivity contribution is 6.03. The van der Waals surface area contributed by atoms with Crippen LogP contribution in [0, 0.1) is 0 Å². The number of aryl methyl sites for hydroxylation is 1. The van der Waals surface area contributed by atoms with E-state index in [1.165, 1.54) is 0 Å². The minimum absolute atomic E-state index is 0.0457. The molecule has 4 aromatic rings. The molecule has 4 rings (SSSR count). The number of fused-ring (bicyclic) bond motifs is 3. The van der Waals surface area contributed by atoms with E-state index in [9.17, 15) is 4.79 Å². The van der Waals surface area contributed by atoms with E-state index >= 15 is 0 Å². The summed E-state index contributed by atoms with van der Waals surface area (Å²) in [6, 6.07) is 7.65. The van der Waals surface area contributed by atoms with Gasteiger partial charge in [0.05, 0.1) is 6.33 Å². The Morgan fingerprint density at radius 2 is 2.13 bits per heavy atom. The lowest BCUT2D eigenvalue weighted by molar-refractivity contribution is -0.121. The first-order chi connectivity index (χ1) is 15.0. The Morgan fingerprint density at radius 3 is 2.90 bits per heavy atom. The molecule has 0 radical (unpaired) electrons. The van der Waals surface area contributed by atoms with Gasteiger partial charge in [-0.1, -0.05) is 25.5 Å². The Morgan fingerprint density at radius 1 is 1.29 bits per heavy atom. The molecule has 9 nitrogen and oxygen atoms in total. The predicted molar refractivity (Wildman–Crippen MR) is 120 cm³/mol. The third kappa shape index (κ3) is 4.22. The van der Waals surface area contributed by atoms with E-state index < -0.39 is 0 Å². The number of carbonyl (C=O) groups is 1. The maximum Gasteiger partial charge on any atom is 0.251 e. The van der Waals surface area contributed by atoms with Crippen LogP contribution in [-0.4, -0.2) is 38.5 Å². The Bertz CT molecular complexity index is 1230. The van der Waals surface area contributed by atoms with Crippen LogP contribution in [-0.2, 0) is 18.4 Å². The van der Waals surface area contributed by atoms with Crippen LogP contribution in [0.5, 0.6) is 0 Å². The molecule has 1 unspecified atom stereocenters. The van der Waals surface area contributed by atoms with Crippen molar-refractivity contribution in [2.45, 2.75) is 38.8 Å². The first kappa shape index (κ1) is 20.8. The molecule has 0 aliphatic heterocycles. The van der Waals surface area contributed by atoms with Crippen molar-refractivity contribution in [3.63, 3.8) is 0 Å².